The molecule has 0 atom stereocenters. The summed E-state index contributed by atoms with van der Waals surface area (Å²) in [5.41, 5.74) is 0. The van der Waals surface area contributed by atoms with Crippen LogP contribution in [0.25, 0.3) is 0 Å². The highest BCUT2D eigenvalue weighted by Crippen LogP contribution is 2.26. The molecular weight excluding hydrogens is 392 g/mol. The van der Waals surface area contributed by atoms with Crippen LogP contribution >= 0.6 is 55.4 Å². The lowest BCUT2D eigenvalue weighted by atomic mass is 10.4. The van der Waals surface area contributed by atoms with Crippen LogP contribution in [0.1, 0.15) is 0 Å². The molecule has 4 heteroatoms. The summed E-state index contributed by atoms with van der Waals surface area (Å²) in [6, 6.07) is 16.6. The fraction of sp³-hybridized carbons (Fsp3) is 0. The molecule has 0 heterocycles. The van der Waals surface area contributed by atoms with Gasteiger partial charge in [-0.15, -0.1) is 0 Å². The molecule has 2 aromatic carbocycles. The molecule has 2 aromatic rings. The lowest BCUT2D eigenvalue weighted by molar-refractivity contribution is 1.45. The van der Waals surface area contributed by atoms with E-state index in [9.17, 15) is 0 Å². The molecule has 0 bridgehead atoms. The van der Waals surface area contributed by atoms with Crippen LogP contribution < -0.4 is 0 Å². The standard InChI is InChI=1S/C14H10Br2S2/c15-11-1-5-13(6-2-11)17-9-10-18-14-7-3-12(16)4-8-14/h1-10H/b10-9-. The molecule has 0 aliphatic carbocycles. The third-order valence-electron chi connectivity index (χ3n) is 2.09. The summed E-state index contributed by atoms with van der Waals surface area (Å²) < 4.78 is 2.22. The first kappa shape index (κ1) is 14.3. The van der Waals surface area contributed by atoms with E-state index in [4.69, 9.17) is 0 Å². The molecule has 0 fully saturated rings. The molecule has 0 unspecified atom stereocenters. The molecule has 0 N–H and O–H groups in total. The molecule has 0 saturated heterocycles. The highest BCUT2D eigenvalue weighted by molar-refractivity contribution is 9.10. The zero-order chi connectivity index (χ0) is 12.8. The quantitative estimate of drug-likeness (QED) is 0.531. The molecule has 0 aromatic heterocycles. The van der Waals surface area contributed by atoms with Gasteiger partial charge in [-0.25, -0.2) is 0 Å². The molecular formula is C14H10Br2S2. The molecule has 2 rings (SSSR count). The fourth-order valence-corrected chi connectivity index (χ4v) is 3.11. The van der Waals surface area contributed by atoms with E-state index < -0.39 is 0 Å². The Morgan fingerprint density at radius 2 is 0.944 bits per heavy atom. The van der Waals surface area contributed by atoms with Crippen molar-refractivity contribution < 1.29 is 0 Å². The van der Waals surface area contributed by atoms with Gasteiger partial charge in [0.2, 0.25) is 0 Å². The average molecular weight is 402 g/mol. The average Bonchev–Trinajstić information content (AvgIpc) is 2.39. The number of thioether (sulfide) groups is 2. The van der Waals surface area contributed by atoms with Gasteiger partial charge in [-0.2, -0.15) is 0 Å². The van der Waals surface area contributed by atoms with E-state index in [2.05, 4.69) is 91.2 Å². The first-order chi connectivity index (χ1) is 8.74. The first-order valence-electron chi connectivity index (χ1n) is 5.23. The van der Waals surface area contributed by atoms with Gasteiger partial charge >= 0.3 is 0 Å². The van der Waals surface area contributed by atoms with Crippen molar-refractivity contribution in [3.05, 3.63) is 68.3 Å². The van der Waals surface area contributed by atoms with Gasteiger partial charge < -0.3 is 0 Å². The lowest BCUT2D eigenvalue weighted by Gasteiger charge is -1.97. The summed E-state index contributed by atoms with van der Waals surface area (Å²) >= 11 is 10.3. The molecule has 92 valence electrons. The summed E-state index contributed by atoms with van der Waals surface area (Å²) in [5, 5.41) is 4.21. The van der Waals surface area contributed by atoms with Crippen molar-refractivity contribution in [2.24, 2.45) is 0 Å². The van der Waals surface area contributed by atoms with E-state index in [1.807, 2.05) is 0 Å². The Hall–Kier alpha value is -0.160. The van der Waals surface area contributed by atoms with Crippen molar-refractivity contribution in [2.45, 2.75) is 9.79 Å². The van der Waals surface area contributed by atoms with Crippen LogP contribution in [0.4, 0.5) is 0 Å². The van der Waals surface area contributed by atoms with Gasteiger partial charge in [0, 0.05) is 18.7 Å². The predicted octanol–water partition coefficient (Wildman–Crippen LogP) is 6.57. The minimum atomic E-state index is 1.11. The van der Waals surface area contributed by atoms with E-state index in [0.29, 0.717) is 0 Å². The van der Waals surface area contributed by atoms with Crippen LogP contribution in [-0.4, -0.2) is 0 Å². The van der Waals surface area contributed by atoms with Gasteiger partial charge in [-0.05, 0) is 59.3 Å². The first-order valence-corrected chi connectivity index (χ1v) is 8.58. The molecule has 0 amide bonds. The number of halogens is 2. The number of hydrogen-bond donors (Lipinski definition) is 0. The van der Waals surface area contributed by atoms with Crippen LogP contribution in [0, 0.1) is 0 Å². The maximum absolute atomic E-state index is 3.43. The number of hydrogen-bond acceptors (Lipinski definition) is 2. The number of benzene rings is 2. The van der Waals surface area contributed by atoms with E-state index in [0.717, 1.165) is 8.95 Å². The fourth-order valence-electron chi connectivity index (χ4n) is 1.24. The summed E-state index contributed by atoms with van der Waals surface area (Å²) in [7, 11) is 0. The number of rotatable bonds is 4. The normalized spacial score (nSPS) is 11.0. The topological polar surface area (TPSA) is 0 Å². The summed E-state index contributed by atoms with van der Waals surface area (Å²) in [6.45, 7) is 0. The second kappa shape index (κ2) is 7.43. The molecule has 0 saturated carbocycles. The smallest absolute Gasteiger partial charge is 0.0176 e. The van der Waals surface area contributed by atoms with Crippen LogP contribution in [0.15, 0.2) is 78.1 Å². The van der Waals surface area contributed by atoms with Crippen molar-refractivity contribution in [2.75, 3.05) is 0 Å². The Labute approximate surface area is 133 Å². The van der Waals surface area contributed by atoms with E-state index >= 15 is 0 Å². The highest BCUT2D eigenvalue weighted by Gasteiger charge is 1.92. The van der Waals surface area contributed by atoms with Crippen LogP contribution in [-0.2, 0) is 0 Å². The monoisotopic (exact) mass is 400 g/mol. The Balaban J connectivity index is 1.85. The third kappa shape index (κ3) is 4.84. The molecule has 18 heavy (non-hydrogen) atoms. The second-order valence-corrected chi connectivity index (χ2v) is 7.21. The Morgan fingerprint density at radius 3 is 1.28 bits per heavy atom. The van der Waals surface area contributed by atoms with Gasteiger partial charge in [0.05, 0.1) is 0 Å². The Kier molecular flexibility index (Phi) is 5.89. The predicted molar refractivity (Wildman–Crippen MR) is 89.1 cm³/mol. The van der Waals surface area contributed by atoms with Crippen molar-refractivity contribution >= 4 is 55.4 Å². The summed E-state index contributed by atoms with van der Waals surface area (Å²) in [4.78, 5) is 2.48. The molecule has 0 nitrogen and oxygen atoms in total. The van der Waals surface area contributed by atoms with Crippen molar-refractivity contribution in [1.29, 1.82) is 0 Å². The van der Waals surface area contributed by atoms with Gasteiger partial charge in [-0.1, -0.05) is 55.4 Å². The van der Waals surface area contributed by atoms with Gasteiger partial charge in [-0.3, -0.25) is 0 Å². The van der Waals surface area contributed by atoms with E-state index in [1.54, 1.807) is 23.5 Å². The molecule has 0 aliphatic heterocycles. The van der Waals surface area contributed by atoms with Crippen LogP contribution in [0.3, 0.4) is 0 Å². The van der Waals surface area contributed by atoms with Crippen molar-refractivity contribution in [1.82, 2.24) is 0 Å². The van der Waals surface area contributed by atoms with E-state index in [1.165, 1.54) is 9.79 Å². The SMILES string of the molecule is Brc1ccc(S/C=C\Sc2ccc(Br)cc2)cc1. The zero-order valence-corrected chi connectivity index (χ0v) is 14.2. The maximum atomic E-state index is 3.43. The minimum Gasteiger partial charge on any atom is -0.0975 e. The molecule has 0 radical (unpaired) electrons. The maximum Gasteiger partial charge on any atom is 0.0176 e. The molecule has 0 aliphatic rings. The Morgan fingerprint density at radius 1 is 0.611 bits per heavy atom. The van der Waals surface area contributed by atoms with Crippen LogP contribution in [0.2, 0.25) is 0 Å². The highest BCUT2D eigenvalue weighted by atomic mass is 79.9. The van der Waals surface area contributed by atoms with Crippen LogP contribution in [0.5, 0.6) is 0 Å². The summed E-state index contributed by atoms with van der Waals surface area (Å²) in [5.74, 6) is 0. The third-order valence-corrected chi connectivity index (χ3v) is 4.95. The van der Waals surface area contributed by atoms with Gasteiger partial charge in [0.25, 0.3) is 0 Å². The minimum absolute atomic E-state index is 1.11. The second-order valence-electron chi connectivity index (χ2n) is 3.42. The van der Waals surface area contributed by atoms with Gasteiger partial charge in [0.1, 0.15) is 0 Å². The van der Waals surface area contributed by atoms with Crippen molar-refractivity contribution in [3.8, 4) is 0 Å². The Bertz CT molecular complexity index is 469. The van der Waals surface area contributed by atoms with Gasteiger partial charge in [0.15, 0.2) is 0 Å². The zero-order valence-electron chi connectivity index (χ0n) is 9.35. The van der Waals surface area contributed by atoms with E-state index in [-0.39, 0.29) is 0 Å². The molecule has 0 spiro atoms. The largest absolute Gasteiger partial charge is 0.0975 e. The lowest BCUT2D eigenvalue weighted by Crippen LogP contribution is -1.68. The summed E-state index contributed by atoms with van der Waals surface area (Å²) in [6.07, 6.45) is 0. The van der Waals surface area contributed by atoms with Crippen molar-refractivity contribution in [3.63, 3.8) is 0 Å².